The standard InChI is InChI=1S/C20H16BrF3N3O/c1-27-16(4-2-3-5-18(27)21)14-11-25-9-8-13(14)19-26-15-10-12(20(22,23)24)6-7-17(15)28-19/h3,5-11,16H,2,4H2,1H3/q+1. The third-order valence-corrected chi connectivity index (χ3v) is 5.65. The Morgan fingerprint density at radius 1 is 1.25 bits per heavy atom. The highest BCUT2D eigenvalue weighted by atomic mass is 79.9. The van der Waals surface area contributed by atoms with Crippen molar-refractivity contribution in [2.45, 2.75) is 25.1 Å². The van der Waals surface area contributed by atoms with E-state index in [-0.39, 0.29) is 17.4 Å². The van der Waals surface area contributed by atoms with Crippen molar-refractivity contribution in [3.63, 3.8) is 0 Å². The third kappa shape index (κ3) is 3.48. The first-order chi connectivity index (χ1) is 13.3. The zero-order chi connectivity index (χ0) is 19.9. The first-order valence-electron chi connectivity index (χ1n) is 8.68. The van der Waals surface area contributed by atoms with Crippen LogP contribution in [0.1, 0.15) is 30.0 Å². The molecular weight excluding hydrogens is 435 g/mol. The fourth-order valence-corrected chi connectivity index (χ4v) is 3.78. The quantitative estimate of drug-likeness (QED) is 0.467. The molecule has 0 bridgehead atoms. The minimum Gasteiger partial charge on any atom is -0.436 e. The second-order valence-electron chi connectivity index (χ2n) is 6.59. The summed E-state index contributed by atoms with van der Waals surface area (Å²) in [6, 6.07) is 5.12. The van der Waals surface area contributed by atoms with Crippen LogP contribution in [0.4, 0.5) is 13.2 Å². The van der Waals surface area contributed by atoms with Gasteiger partial charge in [-0.3, -0.25) is 4.98 Å². The topological polar surface area (TPSA) is 41.9 Å². The highest BCUT2D eigenvalue weighted by Crippen LogP contribution is 2.36. The van der Waals surface area contributed by atoms with Crippen LogP contribution in [0, 0.1) is 0 Å². The molecule has 1 aliphatic heterocycles. The van der Waals surface area contributed by atoms with Gasteiger partial charge in [0.15, 0.2) is 11.6 Å². The van der Waals surface area contributed by atoms with E-state index in [1.165, 1.54) is 6.07 Å². The van der Waals surface area contributed by atoms with Gasteiger partial charge in [-0.15, -0.1) is 0 Å². The van der Waals surface area contributed by atoms with Crippen LogP contribution in [0.5, 0.6) is 0 Å². The highest BCUT2D eigenvalue weighted by Gasteiger charge is 2.32. The Balaban J connectivity index is 1.82. The number of aromatic nitrogens is 2. The Morgan fingerprint density at radius 2 is 2.07 bits per heavy atom. The summed E-state index contributed by atoms with van der Waals surface area (Å²) in [5.74, 6) is 0.286. The predicted molar refractivity (Wildman–Crippen MR) is 103 cm³/mol. The van der Waals surface area contributed by atoms with E-state index >= 15 is 0 Å². The summed E-state index contributed by atoms with van der Waals surface area (Å²) in [5, 5.41) is 0. The molecule has 1 aliphatic rings. The lowest BCUT2D eigenvalue weighted by atomic mass is 9.98. The molecular formula is C20H16BrF3N3O+. The number of pyridine rings is 1. The van der Waals surface area contributed by atoms with E-state index in [9.17, 15) is 13.2 Å². The number of benzene rings is 1. The number of alkyl halides is 3. The summed E-state index contributed by atoms with van der Waals surface area (Å²) < 4.78 is 47.8. The van der Waals surface area contributed by atoms with Gasteiger partial charge in [0.25, 0.3) is 0 Å². The number of halogens is 4. The van der Waals surface area contributed by atoms with Gasteiger partial charge in [0.05, 0.1) is 16.7 Å². The summed E-state index contributed by atoms with van der Waals surface area (Å²) in [4.78, 5) is 8.58. The van der Waals surface area contributed by atoms with Crippen LogP contribution in [0.3, 0.4) is 0 Å². The number of allylic oxidation sites excluding steroid dienone is 2. The Bertz CT molecular complexity index is 1100. The van der Waals surface area contributed by atoms with E-state index in [1.54, 1.807) is 18.5 Å². The minimum absolute atomic E-state index is 0.0221. The average Bonchev–Trinajstić information content (AvgIpc) is 3.02. The van der Waals surface area contributed by atoms with Crippen molar-refractivity contribution in [2.24, 2.45) is 0 Å². The molecule has 3 heterocycles. The number of fused-ring (bicyclic) bond motifs is 1. The van der Waals surface area contributed by atoms with Gasteiger partial charge in [-0.25, -0.2) is 9.56 Å². The van der Waals surface area contributed by atoms with E-state index in [0.717, 1.165) is 40.7 Å². The molecule has 1 unspecified atom stereocenters. The molecule has 0 fully saturated rings. The summed E-state index contributed by atoms with van der Waals surface area (Å²) in [7, 11) is 1.98. The number of nitrogens with zero attached hydrogens (tertiary/aromatic N) is 3. The molecule has 144 valence electrons. The molecule has 0 spiro atoms. The fourth-order valence-electron chi connectivity index (χ4n) is 3.34. The molecule has 0 aliphatic carbocycles. The Kier molecular flexibility index (Phi) is 4.82. The van der Waals surface area contributed by atoms with Crippen molar-refractivity contribution in [2.75, 3.05) is 7.05 Å². The first-order valence-corrected chi connectivity index (χ1v) is 9.48. The normalized spacial score (nSPS) is 18.0. The van der Waals surface area contributed by atoms with Crippen molar-refractivity contribution in [3.8, 4) is 11.5 Å². The lowest BCUT2D eigenvalue weighted by molar-refractivity contribution is -0.541. The third-order valence-electron chi connectivity index (χ3n) is 4.82. The van der Waals surface area contributed by atoms with Gasteiger partial charge in [0.1, 0.15) is 12.6 Å². The highest BCUT2D eigenvalue weighted by molar-refractivity contribution is 9.18. The maximum absolute atomic E-state index is 13.0. The van der Waals surface area contributed by atoms with Crippen LogP contribution in [-0.2, 0) is 6.18 Å². The van der Waals surface area contributed by atoms with Crippen LogP contribution in [0.15, 0.2) is 53.2 Å². The number of hydrogen-bond donors (Lipinski definition) is 0. The van der Waals surface area contributed by atoms with Crippen LogP contribution in [0.2, 0.25) is 0 Å². The molecule has 28 heavy (non-hydrogen) atoms. The van der Waals surface area contributed by atoms with E-state index in [4.69, 9.17) is 4.42 Å². The van der Waals surface area contributed by atoms with Crippen molar-refractivity contribution in [1.29, 1.82) is 0 Å². The number of rotatable bonds is 2. The molecule has 3 aromatic rings. The largest absolute Gasteiger partial charge is 0.436 e. The second kappa shape index (κ2) is 7.16. The molecule has 0 saturated heterocycles. The fraction of sp³-hybridized carbons (Fsp3) is 0.250. The first kappa shape index (κ1) is 18.9. The monoisotopic (exact) mass is 450 g/mol. The number of hydrogen-bond acceptors (Lipinski definition) is 3. The van der Waals surface area contributed by atoms with Crippen LogP contribution >= 0.6 is 15.9 Å². The average molecular weight is 451 g/mol. The van der Waals surface area contributed by atoms with Gasteiger partial charge in [0.2, 0.25) is 10.5 Å². The van der Waals surface area contributed by atoms with Crippen LogP contribution in [0.25, 0.3) is 22.6 Å². The molecule has 1 atom stereocenters. The van der Waals surface area contributed by atoms with E-state index < -0.39 is 11.7 Å². The molecule has 1 aromatic carbocycles. The zero-order valence-electron chi connectivity index (χ0n) is 14.9. The summed E-state index contributed by atoms with van der Waals surface area (Å²) >= 11 is 3.57. The SMILES string of the molecule is C[N+]1=C(Br)C=CCCC1c1cnccc1-c1nc2cc(C(F)(F)F)ccc2o1. The zero-order valence-corrected chi connectivity index (χ0v) is 16.5. The smallest absolute Gasteiger partial charge is 0.416 e. The Labute approximate surface area is 167 Å². The second-order valence-corrected chi connectivity index (χ2v) is 7.40. The van der Waals surface area contributed by atoms with Gasteiger partial charge >= 0.3 is 6.18 Å². The molecule has 0 N–H and O–H groups in total. The Hall–Kier alpha value is -2.48. The van der Waals surface area contributed by atoms with Gasteiger partial charge in [0, 0.05) is 40.8 Å². The van der Waals surface area contributed by atoms with E-state index in [0.29, 0.717) is 5.58 Å². The van der Waals surface area contributed by atoms with Crippen LogP contribution in [-0.4, -0.2) is 26.2 Å². The van der Waals surface area contributed by atoms with Gasteiger partial charge in [-0.1, -0.05) is 6.08 Å². The molecule has 0 radical (unpaired) electrons. The van der Waals surface area contributed by atoms with Gasteiger partial charge in [-0.05, 0) is 30.7 Å². The molecule has 0 amide bonds. The van der Waals surface area contributed by atoms with E-state index in [2.05, 4.69) is 36.5 Å². The maximum Gasteiger partial charge on any atom is 0.416 e. The van der Waals surface area contributed by atoms with Crippen molar-refractivity contribution < 1.29 is 22.2 Å². The predicted octanol–water partition coefficient (Wildman–Crippen LogP) is 5.74. The number of oxazole rings is 1. The molecule has 4 rings (SSSR count). The lowest BCUT2D eigenvalue weighted by Gasteiger charge is -2.14. The lowest BCUT2D eigenvalue weighted by Crippen LogP contribution is -2.18. The minimum atomic E-state index is -4.42. The van der Waals surface area contributed by atoms with Crippen molar-refractivity contribution >= 4 is 31.7 Å². The van der Waals surface area contributed by atoms with Crippen molar-refractivity contribution in [1.82, 2.24) is 9.97 Å². The maximum atomic E-state index is 13.0. The summed E-state index contributed by atoms with van der Waals surface area (Å²) in [6.07, 6.45) is 4.82. The van der Waals surface area contributed by atoms with E-state index in [1.807, 2.05) is 13.1 Å². The summed E-state index contributed by atoms with van der Waals surface area (Å²) in [6.45, 7) is 0. The molecule has 4 nitrogen and oxygen atoms in total. The Morgan fingerprint density at radius 3 is 2.86 bits per heavy atom. The molecule has 0 saturated carbocycles. The van der Waals surface area contributed by atoms with Crippen LogP contribution < -0.4 is 0 Å². The summed E-state index contributed by atoms with van der Waals surface area (Å²) in [5.41, 5.74) is 1.38. The van der Waals surface area contributed by atoms with Crippen molar-refractivity contribution in [3.05, 3.63) is 59.9 Å². The van der Waals surface area contributed by atoms with Gasteiger partial charge in [-0.2, -0.15) is 13.2 Å². The van der Waals surface area contributed by atoms with Gasteiger partial charge < -0.3 is 4.42 Å². The molecule has 8 heteroatoms. The molecule has 2 aromatic heterocycles.